The first-order valence-corrected chi connectivity index (χ1v) is 7.09. The molecule has 0 saturated heterocycles. The van der Waals surface area contributed by atoms with Crippen molar-refractivity contribution in [3.63, 3.8) is 0 Å². The van der Waals surface area contributed by atoms with Gasteiger partial charge in [-0.1, -0.05) is 25.8 Å². The van der Waals surface area contributed by atoms with Crippen LogP contribution in [0.3, 0.4) is 0 Å². The number of unbranched alkanes of at least 4 members (excludes halogenated alkanes) is 2. The number of aryl methyl sites for hydroxylation is 1. The molecule has 2 aromatic rings. The highest BCUT2D eigenvalue weighted by Crippen LogP contribution is 2.18. The first kappa shape index (κ1) is 15.0. The summed E-state index contributed by atoms with van der Waals surface area (Å²) in [5, 5.41) is 16.7. The topological polar surface area (TPSA) is 84.7 Å². The molecule has 0 aliphatic rings. The minimum Gasteiger partial charge on any atom is -0.338 e. The van der Waals surface area contributed by atoms with Gasteiger partial charge in [0.15, 0.2) is 0 Å². The third-order valence-electron chi connectivity index (χ3n) is 3.15. The van der Waals surface area contributed by atoms with Crippen molar-refractivity contribution in [2.75, 3.05) is 11.9 Å². The Kier molecular flexibility index (Phi) is 5.25. The summed E-state index contributed by atoms with van der Waals surface area (Å²) in [6, 6.07) is 5.47. The highest BCUT2D eigenvalue weighted by Gasteiger charge is 2.06. The third-order valence-corrected chi connectivity index (χ3v) is 3.15. The Morgan fingerprint density at radius 1 is 1.33 bits per heavy atom. The number of amides is 2. The Morgan fingerprint density at radius 2 is 2.19 bits per heavy atom. The average Bonchev–Trinajstić information content (AvgIpc) is 3.00. The summed E-state index contributed by atoms with van der Waals surface area (Å²) >= 11 is 0. The van der Waals surface area contributed by atoms with Crippen molar-refractivity contribution in [2.45, 2.75) is 33.1 Å². The van der Waals surface area contributed by atoms with Crippen molar-refractivity contribution < 1.29 is 4.79 Å². The van der Waals surface area contributed by atoms with Crippen molar-refractivity contribution in [1.29, 1.82) is 0 Å². The van der Waals surface area contributed by atoms with E-state index in [1.54, 1.807) is 4.68 Å². The number of nitrogens with one attached hydrogen (secondary N) is 2. The second kappa shape index (κ2) is 7.37. The quantitative estimate of drug-likeness (QED) is 0.799. The third kappa shape index (κ3) is 4.27. The first-order valence-electron chi connectivity index (χ1n) is 7.09. The van der Waals surface area contributed by atoms with Crippen molar-refractivity contribution in [2.24, 2.45) is 0 Å². The molecule has 112 valence electrons. The Hall–Kier alpha value is -2.44. The van der Waals surface area contributed by atoms with E-state index in [1.807, 2.05) is 25.1 Å². The molecule has 1 aromatic carbocycles. The van der Waals surface area contributed by atoms with Crippen LogP contribution in [0.4, 0.5) is 10.5 Å². The van der Waals surface area contributed by atoms with E-state index in [0.717, 1.165) is 36.2 Å². The largest absolute Gasteiger partial charge is 0.338 e. The van der Waals surface area contributed by atoms with Gasteiger partial charge >= 0.3 is 6.03 Å². The van der Waals surface area contributed by atoms with Crippen LogP contribution < -0.4 is 10.6 Å². The van der Waals surface area contributed by atoms with Crippen LogP contribution in [-0.4, -0.2) is 32.8 Å². The molecule has 0 aliphatic carbocycles. The Bertz CT molecular complexity index is 581. The van der Waals surface area contributed by atoms with E-state index in [-0.39, 0.29) is 6.03 Å². The highest BCUT2D eigenvalue weighted by molar-refractivity contribution is 5.90. The molecule has 0 spiro atoms. The van der Waals surface area contributed by atoms with Crippen molar-refractivity contribution in [3.8, 4) is 5.69 Å². The number of hydrogen-bond donors (Lipinski definition) is 2. The van der Waals surface area contributed by atoms with Gasteiger partial charge in [-0.25, -0.2) is 9.48 Å². The fraction of sp³-hybridized carbons (Fsp3) is 0.429. The summed E-state index contributed by atoms with van der Waals surface area (Å²) in [7, 11) is 0. The predicted molar refractivity (Wildman–Crippen MR) is 80.4 cm³/mol. The van der Waals surface area contributed by atoms with Crippen LogP contribution in [0.2, 0.25) is 0 Å². The summed E-state index contributed by atoms with van der Waals surface area (Å²) < 4.78 is 1.55. The minimum absolute atomic E-state index is 0.192. The van der Waals surface area contributed by atoms with Crippen LogP contribution in [0.25, 0.3) is 5.69 Å². The summed E-state index contributed by atoms with van der Waals surface area (Å²) in [5.41, 5.74) is 2.53. The summed E-state index contributed by atoms with van der Waals surface area (Å²) in [6.07, 6.45) is 4.76. The van der Waals surface area contributed by atoms with Gasteiger partial charge in [-0.15, -0.1) is 5.10 Å². The molecule has 0 atom stereocenters. The zero-order valence-corrected chi connectivity index (χ0v) is 12.3. The molecule has 0 aliphatic heterocycles. The fourth-order valence-corrected chi connectivity index (χ4v) is 1.91. The maximum atomic E-state index is 11.9. The number of carbonyl (C=O) groups excluding carboxylic acids is 1. The number of benzene rings is 1. The number of tetrazole rings is 1. The van der Waals surface area contributed by atoms with E-state index < -0.39 is 0 Å². The number of rotatable bonds is 6. The number of carbonyl (C=O) groups is 1. The number of nitrogens with zero attached hydrogens (tertiary/aromatic N) is 4. The average molecular weight is 288 g/mol. The molecule has 2 N–H and O–H groups in total. The minimum atomic E-state index is -0.192. The molecule has 7 nitrogen and oxygen atoms in total. The molecule has 0 bridgehead atoms. The van der Waals surface area contributed by atoms with E-state index in [4.69, 9.17) is 0 Å². The monoisotopic (exact) mass is 288 g/mol. The Balaban J connectivity index is 1.99. The van der Waals surface area contributed by atoms with Gasteiger partial charge in [0.1, 0.15) is 6.33 Å². The van der Waals surface area contributed by atoms with Crippen LogP contribution in [0.1, 0.15) is 31.7 Å². The van der Waals surface area contributed by atoms with Crippen LogP contribution in [0.5, 0.6) is 0 Å². The van der Waals surface area contributed by atoms with Gasteiger partial charge in [-0.05, 0) is 41.5 Å². The standard InChI is InChI=1S/C14H20N6O/c1-3-4-5-8-15-14(21)17-13-9-12(7-6-11(13)2)20-10-16-18-19-20/h6-7,9-10H,3-5,8H2,1-2H3,(H2,15,17,21). The van der Waals surface area contributed by atoms with E-state index >= 15 is 0 Å². The lowest BCUT2D eigenvalue weighted by atomic mass is 10.2. The Labute approximate surface area is 123 Å². The SMILES string of the molecule is CCCCCNC(=O)Nc1cc(-n2cnnn2)ccc1C. The van der Waals surface area contributed by atoms with Crippen molar-refractivity contribution in [1.82, 2.24) is 25.5 Å². The zero-order chi connectivity index (χ0) is 15.1. The molecule has 1 aromatic heterocycles. The molecule has 21 heavy (non-hydrogen) atoms. The molecule has 0 saturated carbocycles. The van der Waals surface area contributed by atoms with Gasteiger partial charge in [0.2, 0.25) is 0 Å². The maximum absolute atomic E-state index is 11.9. The molecule has 0 fully saturated rings. The number of aromatic nitrogens is 4. The smallest absolute Gasteiger partial charge is 0.319 e. The normalized spacial score (nSPS) is 10.4. The summed E-state index contributed by atoms with van der Waals surface area (Å²) in [4.78, 5) is 11.9. The van der Waals surface area contributed by atoms with Gasteiger partial charge in [-0.2, -0.15) is 0 Å². The Morgan fingerprint density at radius 3 is 2.90 bits per heavy atom. The molecular formula is C14H20N6O. The maximum Gasteiger partial charge on any atom is 0.319 e. The van der Waals surface area contributed by atoms with E-state index in [9.17, 15) is 4.79 Å². The van der Waals surface area contributed by atoms with Gasteiger partial charge in [0.05, 0.1) is 5.69 Å². The number of urea groups is 1. The molecule has 0 unspecified atom stereocenters. The number of anilines is 1. The summed E-state index contributed by atoms with van der Waals surface area (Å²) in [5.74, 6) is 0. The van der Waals surface area contributed by atoms with Gasteiger partial charge < -0.3 is 10.6 Å². The van der Waals surface area contributed by atoms with E-state index in [1.165, 1.54) is 6.33 Å². The molecule has 2 amide bonds. The molecule has 7 heteroatoms. The fourth-order valence-electron chi connectivity index (χ4n) is 1.91. The zero-order valence-electron chi connectivity index (χ0n) is 12.3. The first-order chi connectivity index (χ1) is 10.2. The summed E-state index contributed by atoms with van der Waals surface area (Å²) in [6.45, 7) is 4.76. The van der Waals surface area contributed by atoms with Crippen molar-refractivity contribution in [3.05, 3.63) is 30.1 Å². The van der Waals surface area contributed by atoms with Gasteiger partial charge in [0.25, 0.3) is 0 Å². The lowest BCUT2D eigenvalue weighted by Crippen LogP contribution is -2.29. The predicted octanol–water partition coefficient (Wildman–Crippen LogP) is 2.28. The molecule has 0 radical (unpaired) electrons. The van der Waals surface area contributed by atoms with Crippen LogP contribution in [-0.2, 0) is 0 Å². The molecule has 1 heterocycles. The van der Waals surface area contributed by atoms with E-state index in [0.29, 0.717) is 6.54 Å². The molecule has 2 rings (SSSR count). The lowest BCUT2D eigenvalue weighted by molar-refractivity contribution is 0.252. The second-order valence-corrected chi connectivity index (χ2v) is 4.84. The van der Waals surface area contributed by atoms with Crippen LogP contribution in [0, 0.1) is 6.92 Å². The van der Waals surface area contributed by atoms with E-state index in [2.05, 4.69) is 33.1 Å². The van der Waals surface area contributed by atoms with Crippen molar-refractivity contribution >= 4 is 11.7 Å². The van der Waals surface area contributed by atoms with Gasteiger partial charge in [-0.3, -0.25) is 0 Å². The lowest BCUT2D eigenvalue weighted by Gasteiger charge is -2.11. The van der Waals surface area contributed by atoms with Gasteiger partial charge in [0, 0.05) is 12.2 Å². The molecular weight excluding hydrogens is 268 g/mol. The van der Waals surface area contributed by atoms with Crippen LogP contribution >= 0.6 is 0 Å². The highest BCUT2D eigenvalue weighted by atomic mass is 16.2. The van der Waals surface area contributed by atoms with Crippen LogP contribution in [0.15, 0.2) is 24.5 Å². The second-order valence-electron chi connectivity index (χ2n) is 4.84. The number of hydrogen-bond acceptors (Lipinski definition) is 4.